The minimum absolute atomic E-state index is 0. The Morgan fingerprint density at radius 3 is 2.85 bits per heavy atom. The van der Waals surface area contributed by atoms with Gasteiger partial charge in [-0.05, 0) is 30.4 Å². The van der Waals surface area contributed by atoms with Crippen molar-refractivity contribution in [1.82, 2.24) is 15.0 Å². The summed E-state index contributed by atoms with van der Waals surface area (Å²) in [5, 5.41) is 3.89. The van der Waals surface area contributed by atoms with Crippen LogP contribution in [0.5, 0.6) is 0 Å². The molecule has 0 spiro atoms. The van der Waals surface area contributed by atoms with Crippen molar-refractivity contribution in [3.8, 4) is 11.4 Å². The number of halogens is 2. The molecule has 1 atom stereocenters. The number of rotatable bonds is 4. The van der Waals surface area contributed by atoms with Gasteiger partial charge in [0.1, 0.15) is 5.82 Å². The van der Waals surface area contributed by atoms with Crippen LogP contribution in [0.3, 0.4) is 0 Å². The summed E-state index contributed by atoms with van der Waals surface area (Å²) in [6.07, 6.45) is 1.47. The lowest BCUT2D eigenvalue weighted by Crippen LogP contribution is -2.54. The summed E-state index contributed by atoms with van der Waals surface area (Å²) >= 11 is 0. The third-order valence-corrected chi connectivity index (χ3v) is 5.12. The van der Waals surface area contributed by atoms with E-state index >= 15 is 0 Å². The van der Waals surface area contributed by atoms with E-state index in [-0.39, 0.29) is 35.6 Å². The molecular formula is C19H26ClFN4O2. The highest BCUT2D eigenvalue weighted by Crippen LogP contribution is 2.28. The van der Waals surface area contributed by atoms with Gasteiger partial charge in [0, 0.05) is 37.5 Å². The molecule has 27 heavy (non-hydrogen) atoms. The van der Waals surface area contributed by atoms with Crippen molar-refractivity contribution in [2.24, 2.45) is 11.1 Å². The fraction of sp³-hybridized carbons (Fsp3) is 0.526. The molecule has 2 aromatic rings. The van der Waals surface area contributed by atoms with Crippen molar-refractivity contribution < 1.29 is 13.7 Å². The van der Waals surface area contributed by atoms with Gasteiger partial charge in [-0.2, -0.15) is 4.98 Å². The molecule has 0 radical (unpaired) electrons. The van der Waals surface area contributed by atoms with Crippen LogP contribution in [-0.2, 0) is 11.2 Å². The molecule has 0 saturated carbocycles. The largest absolute Gasteiger partial charge is 0.342 e. The summed E-state index contributed by atoms with van der Waals surface area (Å²) in [6, 6.07) is 4.92. The maximum atomic E-state index is 13.7. The first-order valence-electron chi connectivity index (χ1n) is 8.89. The van der Waals surface area contributed by atoms with E-state index in [0.29, 0.717) is 48.8 Å². The molecule has 0 aliphatic carbocycles. The Hall–Kier alpha value is -1.99. The van der Waals surface area contributed by atoms with Crippen LogP contribution < -0.4 is 5.73 Å². The number of aromatic nitrogens is 2. The van der Waals surface area contributed by atoms with Gasteiger partial charge in [0.15, 0.2) is 0 Å². The summed E-state index contributed by atoms with van der Waals surface area (Å²) in [4.78, 5) is 18.6. The molecule has 1 saturated heterocycles. The van der Waals surface area contributed by atoms with Crippen molar-refractivity contribution in [2.75, 3.05) is 13.1 Å². The highest BCUT2D eigenvalue weighted by atomic mass is 35.5. The average molecular weight is 397 g/mol. The van der Waals surface area contributed by atoms with E-state index in [0.717, 1.165) is 6.42 Å². The number of benzene rings is 1. The van der Waals surface area contributed by atoms with E-state index in [1.165, 1.54) is 6.07 Å². The quantitative estimate of drug-likeness (QED) is 0.858. The Labute approximate surface area is 164 Å². The van der Waals surface area contributed by atoms with Crippen molar-refractivity contribution in [2.45, 2.75) is 46.1 Å². The molecule has 1 unspecified atom stereocenters. The maximum absolute atomic E-state index is 13.7. The lowest BCUT2D eigenvalue weighted by molar-refractivity contribution is -0.134. The Balaban J connectivity index is 0.00000261. The summed E-state index contributed by atoms with van der Waals surface area (Å²) in [5.74, 6) is 0.458. The van der Waals surface area contributed by atoms with Crippen LogP contribution in [-0.4, -0.2) is 40.1 Å². The number of carbonyl (C=O) groups excluding carboxylic acids is 1. The van der Waals surface area contributed by atoms with Gasteiger partial charge in [-0.3, -0.25) is 4.79 Å². The SMILES string of the molecule is Cc1ccc(-c2noc(CCC(=O)N3CCC(N)C(C)(C)C3)n2)cc1F.Cl. The highest BCUT2D eigenvalue weighted by molar-refractivity contribution is 5.85. The molecule has 0 bridgehead atoms. The monoisotopic (exact) mass is 396 g/mol. The molecule has 3 rings (SSSR count). The van der Waals surface area contributed by atoms with Gasteiger partial charge in [-0.1, -0.05) is 31.1 Å². The molecule has 1 aromatic heterocycles. The number of piperidine rings is 1. The lowest BCUT2D eigenvalue weighted by Gasteiger charge is -2.42. The normalized spacial score (nSPS) is 18.9. The molecule has 1 aromatic carbocycles. The minimum Gasteiger partial charge on any atom is -0.342 e. The number of aryl methyl sites for hydroxylation is 2. The molecule has 1 aliphatic heterocycles. The van der Waals surface area contributed by atoms with Crippen LogP contribution in [0.4, 0.5) is 4.39 Å². The second-order valence-electron chi connectivity index (χ2n) is 7.67. The van der Waals surface area contributed by atoms with Gasteiger partial charge in [0.2, 0.25) is 17.6 Å². The molecule has 1 amide bonds. The number of nitrogens with two attached hydrogens (primary N) is 1. The summed E-state index contributed by atoms with van der Waals surface area (Å²) in [5.41, 5.74) is 7.16. The first kappa shape index (κ1) is 21.3. The van der Waals surface area contributed by atoms with Crippen LogP contribution >= 0.6 is 12.4 Å². The van der Waals surface area contributed by atoms with Gasteiger partial charge < -0.3 is 15.2 Å². The van der Waals surface area contributed by atoms with Gasteiger partial charge in [0.05, 0.1) is 0 Å². The summed E-state index contributed by atoms with van der Waals surface area (Å²) < 4.78 is 18.9. The number of carbonyl (C=O) groups is 1. The number of hydrogen-bond donors (Lipinski definition) is 1. The first-order chi connectivity index (χ1) is 12.3. The second kappa shape index (κ2) is 8.35. The molecule has 1 aliphatic rings. The zero-order valence-corrected chi connectivity index (χ0v) is 16.7. The van der Waals surface area contributed by atoms with Crippen LogP contribution in [0.25, 0.3) is 11.4 Å². The molecule has 148 valence electrons. The third-order valence-electron chi connectivity index (χ3n) is 5.12. The number of amides is 1. The van der Waals surface area contributed by atoms with E-state index in [9.17, 15) is 9.18 Å². The van der Waals surface area contributed by atoms with E-state index in [1.807, 2.05) is 4.90 Å². The predicted octanol–water partition coefficient (Wildman–Crippen LogP) is 3.12. The van der Waals surface area contributed by atoms with Crippen molar-refractivity contribution in [1.29, 1.82) is 0 Å². The third kappa shape index (κ3) is 4.84. The average Bonchev–Trinajstić information content (AvgIpc) is 3.06. The molecule has 2 N–H and O–H groups in total. The molecular weight excluding hydrogens is 371 g/mol. The van der Waals surface area contributed by atoms with E-state index in [2.05, 4.69) is 24.0 Å². The summed E-state index contributed by atoms with van der Waals surface area (Å²) in [7, 11) is 0. The number of likely N-dealkylation sites (tertiary alicyclic amines) is 1. The maximum Gasteiger partial charge on any atom is 0.227 e. The number of hydrogen-bond acceptors (Lipinski definition) is 5. The number of nitrogens with zero attached hydrogens (tertiary/aromatic N) is 3. The van der Waals surface area contributed by atoms with Crippen LogP contribution in [0.2, 0.25) is 0 Å². The zero-order chi connectivity index (χ0) is 18.9. The van der Waals surface area contributed by atoms with Crippen molar-refractivity contribution >= 4 is 18.3 Å². The topological polar surface area (TPSA) is 85.2 Å². The Morgan fingerprint density at radius 2 is 2.19 bits per heavy atom. The van der Waals surface area contributed by atoms with Gasteiger partial charge >= 0.3 is 0 Å². The fourth-order valence-electron chi connectivity index (χ4n) is 3.16. The highest BCUT2D eigenvalue weighted by Gasteiger charge is 2.35. The Kier molecular flexibility index (Phi) is 6.59. The molecule has 8 heteroatoms. The van der Waals surface area contributed by atoms with Crippen LogP contribution in [0.15, 0.2) is 22.7 Å². The van der Waals surface area contributed by atoms with E-state index in [4.69, 9.17) is 10.3 Å². The van der Waals surface area contributed by atoms with Crippen molar-refractivity contribution in [3.05, 3.63) is 35.5 Å². The smallest absolute Gasteiger partial charge is 0.227 e. The lowest BCUT2D eigenvalue weighted by atomic mass is 9.79. The molecule has 2 heterocycles. The van der Waals surface area contributed by atoms with Gasteiger partial charge in [-0.15, -0.1) is 12.4 Å². The Morgan fingerprint density at radius 1 is 1.44 bits per heavy atom. The van der Waals surface area contributed by atoms with Crippen LogP contribution in [0.1, 0.15) is 38.1 Å². The van der Waals surface area contributed by atoms with E-state index < -0.39 is 0 Å². The van der Waals surface area contributed by atoms with Gasteiger partial charge in [-0.25, -0.2) is 4.39 Å². The fourth-order valence-corrected chi connectivity index (χ4v) is 3.16. The zero-order valence-electron chi connectivity index (χ0n) is 15.9. The second-order valence-corrected chi connectivity index (χ2v) is 7.67. The first-order valence-corrected chi connectivity index (χ1v) is 8.89. The standard InChI is InChI=1S/C19H25FN4O2.ClH/c1-12-4-5-13(10-14(12)20)18-22-16(26-23-18)6-7-17(25)24-9-8-15(21)19(2,3)11-24;/h4-5,10,15H,6-9,11,21H2,1-3H3;1H. The van der Waals surface area contributed by atoms with E-state index in [1.54, 1.807) is 19.1 Å². The molecule has 6 nitrogen and oxygen atoms in total. The van der Waals surface area contributed by atoms with Crippen molar-refractivity contribution in [3.63, 3.8) is 0 Å². The van der Waals surface area contributed by atoms with Gasteiger partial charge in [0.25, 0.3) is 0 Å². The predicted molar refractivity (Wildman–Crippen MR) is 103 cm³/mol. The Bertz CT molecular complexity index is 809. The minimum atomic E-state index is -0.310. The molecule has 1 fully saturated rings. The van der Waals surface area contributed by atoms with Crippen LogP contribution in [0, 0.1) is 18.2 Å². The summed E-state index contributed by atoms with van der Waals surface area (Å²) in [6.45, 7) is 7.21.